The summed E-state index contributed by atoms with van der Waals surface area (Å²) in [6, 6.07) is 13.4. The third kappa shape index (κ3) is 2.42. The van der Waals surface area contributed by atoms with E-state index >= 15 is 0 Å². The molecule has 0 saturated heterocycles. The van der Waals surface area contributed by atoms with E-state index in [1.165, 1.54) is 0 Å². The summed E-state index contributed by atoms with van der Waals surface area (Å²) >= 11 is 0. The van der Waals surface area contributed by atoms with E-state index in [9.17, 15) is 4.79 Å². The van der Waals surface area contributed by atoms with Crippen LogP contribution in [0.15, 0.2) is 48.2 Å². The predicted octanol–water partition coefficient (Wildman–Crippen LogP) is 4.41. The number of benzene rings is 2. The number of ketones is 1. The monoisotopic (exact) mass is 306 g/mol. The van der Waals surface area contributed by atoms with E-state index in [4.69, 9.17) is 9.47 Å². The summed E-state index contributed by atoms with van der Waals surface area (Å²) in [7, 11) is 0. The van der Waals surface area contributed by atoms with Gasteiger partial charge in [0, 0.05) is 5.56 Å². The molecule has 0 saturated carbocycles. The fourth-order valence-electron chi connectivity index (χ4n) is 3.10. The van der Waals surface area contributed by atoms with E-state index < -0.39 is 0 Å². The normalized spacial score (nSPS) is 19.7. The molecule has 0 aliphatic carbocycles. The highest BCUT2D eigenvalue weighted by molar-refractivity contribution is 6.15. The molecule has 2 heterocycles. The lowest BCUT2D eigenvalue weighted by Crippen LogP contribution is -2.32. The lowest BCUT2D eigenvalue weighted by molar-refractivity contribution is 0.0838. The molecule has 4 rings (SSSR count). The highest BCUT2D eigenvalue weighted by Crippen LogP contribution is 2.44. The SMILES string of the molecule is CC1(C)CCc2c(ccc3c2O/C(=C\c2ccccc2)C3=O)O1. The smallest absolute Gasteiger partial charge is 0.231 e. The Labute approximate surface area is 135 Å². The molecule has 116 valence electrons. The molecule has 2 aliphatic rings. The molecular formula is C20H18O3. The molecule has 3 nitrogen and oxygen atoms in total. The van der Waals surface area contributed by atoms with Crippen LogP contribution >= 0.6 is 0 Å². The summed E-state index contributed by atoms with van der Waals surface area (Å²) in [5, 5.41) is 0. The minimum Gasteiger partial charge on any atom is -0.487 e. The molecule has 0 bridgehead atoms. The first-order valence-electron chi connectivity index (χ1n) is 7.88. The maximum Gasteiger partial charge on any atom is 0.231 e. The van der Waals surface area contributed by atoms with Gasteiger partial charge in [0.1, 0.15) is 17.1 Å². The van der Waals surface area contributed by atoms with Crippen molar-refractivity contribution in [3.63, 3.8) is 0 Å². The Morgan fingerprint density at radius 2 is 1.87 bits per heavy atom. The van der Waals surface area contributed by atoms with Crippen LogP contribution in [0.5, 0.6) is 11.5 Å². The van der Waals surface area contributed by atoms with Crippen molar-refractivity contribution in [2.24, 2.45) is 0 Å². The Hall–Kier alpha value is -2.55. The number of carbonyl (C=O) groups is 1. The van der Waals surface area contributed by atoms with Crippen LogP contribution < -0.4 is 9.47 Å². The van der Waals surface area contributed by atoms with Gasteiger partial charge in [0.15, 0.2) is 5.76 Å². The van der Waals surface area contributed by atoms with Gasteiger partial charge in [-0.05, 0) is 50.5 Å². The Bertz CT molecular complexity index is 816. The van der Waals surface area contributed by atoms with E-state index in [-0.39, 0.29) is 11.4 Å². The van der Waals surface area contributed by atoms with E-state index in [1.807, 2.05) is 42.5 Å². The van der Waals surface area contributed by atoms with Crippen LogP contribution in [-0.2, 0) is 6.42 Å². The largest absolute Gasteiger partial charge is 0.487 e. The van der Waals surface area contributed by atoms with Gasteiger partial charge in [-0.2, -0.15) is 0 Å². The molecule has 23 heavy (non-hydrogen) atoms. The summed E-state index contributed by atoms with van der Waals surface area (Å²) in [6.07, 6.45) is 3.56. The van der Waals surface area contributed by atoms with Crippen LogP contribution in [0, 0.1) is 0 Å². The summed E-state index contributed by atoms with van der Waals surface area (Å²) in [6.45, 7) is 4.16. The quantitative estimate of drug-likeness (QED) is 0.732. The van der Waals surface area contributed by atoms with Crippen LogP contribution in [0.2, 0.25) is 0 Å². The lowest BCUT2D eigenvalue weighted by atomic mass is 9.92. The molecular weight excluding hydrogens is 288 g/mol. The summed E-state index contributed by atoms with van der Waals surface area (Å²) < 4.78 is 11.9. The fourth-order valence-corrected chi connectivity index (χ4v) is 3.10. The second-order valence-electron chi connectivity index (χ2n) is 6.63. The summed E-state index contributed by atoms with van der Waals surface area (Å²) in [5.74, 6) is 1.82. The van der Waals surface area contributed by atoms with Gasteiger partial charge < -0.3 is 9.47 Å². The van der Waals surface area contributed by atoms with Crippen LogP contribution in [-0.4, -0.2) is 11.4 Å². The van der Waals surface area contributed by atoms with Crippen molar-refractivity contribution in [3.8, 4) is 11.5 Å². The van der Waals surface area contributed by atoms with Crippen molar-refractivity contribution in [2.75, 3.05) is 0 Å². The summed E-state index contributed by atoms with van der Waals surface area (Å²) in [4.78, 5) is 12.6. The zero-order valence-corrected chi connectivity index (χ0v) is 13.3. The van der Waals surface area contributed by atoms with Crippen molar-refractivity contribution in [2.45, 2.75) is 32.3 Å². The number of carbonyl (C=O) groups excluding carboxylic acids is 1. The predicted molar refractivity (Wildman–Crippen MR) is 88.8 cm³/mol. The molecule has 0 atom stereocenters. The van der Waals surface area contributed by atoms with E-state index in [2.05, 4.69) is 13.8 Å². The minimum absolute atomic E-state index is 0.0588. The number of hydrogen-bond acceptors (Lipinski definition) is 3. The van der Waals surface area contributed by atoms with Crippen LogP contribution in [0.25, 0.3) is 6.08 Å². The van der Waals surface area contributed by atoms with Gasteiger partial charge in [0.05, 0.1) is 5.56 Å². The van der Waals surface area contributed by atoms with Crippen LogP contribution in [0.4, 0.5) is 0 Å². The van der Waals surface area contributed by atoms with E-state index in [0.717, 1.165) is 29.7 Å². The average Bonchev–Trinajstić information content (AvgIpc) is 2.84. The molecule has 0 fully saturated rings. The zero-order valence-electron chi connectivity index (χ0n) is 13.3. The Balaban J connectivity index is 1.74. The zero-order chi connectivity index (χ0) is 16.0. The molecule has 2 aromatic rings. The maximum absolute atomic E-state index is 12.6. The molecule has 3 heteroatoms. The van der Waals surface area contributed by atoms with Gasteiger partial charge >= 0.3 is 0 Å². The van der Waals surface area contributed by atoms with Crippen molar-refractivity contribution >= 4 is 11.9 Å². The van der Waals surface area contributed by atoms with E-state index in [0.29, 0.717) is 17.1 Å². The van der Waals surface area contributed by atoms with Gasteiger partial charge in [0.2, 0.25) is 5.78 Å². The van der Waals surface area contributed by atoms with Gasteiger partial charge in [-0.15, -0.1) is 0 Å². The number of fused-ring (bicyclic) bond motifs is 3. The highest BCUT2D eigenvalue weighted by atomic mass is 16.5. The number of allylic oxidation sites excluding steroid dienone is 1. The van der Waals surface area contributed by atoms with Gasteiger partial charge in [-0.25, -0.2) is 0 Å². The fraction of sp³-hybridized carbons (Fsp3) is 0.250. The van der Waals surface area contributed by atoms with Gasteiger partial charge in [0.25, 0.3) is 0 Å². The van der Waals surface area contributed by atoms with Crippen LogP contribution in [0.3, 0.4) is 0 Å². The number of ether oxygens (including phenoxy) is 2. The molecule has 0 radical (unpaired) electrons. The molecule has 0 aromatic heterocycles. The second kappa shape index (κ2) is 4.98. The maximum atomic E-state index is 12.6. The highest BCUT2D eigenvalue weighted by Gasteiger charge is 2.35. The first kappa shape index (κ1) is 14.1. The third-order valence-electron chi connectivity index (χ3n) is 4.36. The Morgan fingerprint density at radius 3 is 2.65 bits per heavy atom. The van der Waals surface area contributed by atoms with Gasteiger partial charge in [-0.1, -0.05) is 30.3 Å². The van der Waals surface area contributed by atoms with Gasteiger partial charge in [-0.3, -0.25) is 4.79 Å². The average molecular weight is 306 g/mol. The number of rotatable bonds is 1. The second-order valence-corrected chi connectivity index (χ2v) is 6.63. The van der Waals surface area contributed by atoms with E-state index in [1.54, 1.807) is 6.08 Å². The molecule has 0 N–H and O–H groups in total. The molecule has 2 aliphatic heterocycles. The topological polar surface area (TPSA) is 35.5 Å². The van der Waals surface area contributed by atoms with Crippen molar-refractivity contribution in [3.05, 3.63) is 64.9 Å². The van der Waals surface area contributed by atoms with Crippen molar-refractivity contribution in [1.82, 2.24) is 0 Å². The Morgan fingerprint density at radius 1 is 1.09 bits per heavy atom. The molecule has 0 spiro atoms. The van der Waals surface area contributed by atoms with Crippen LogP contribution in [0.1, 0.15) is 41.8 Å². The first-order chi connectivity index (χ1) is 11.0. The third-order valence-corrected chi connectivity index (χ3v) is 4.36. The standard InChI is InChI=1S/C20H18O3/c1-20(2)11-10-14-16(23-20)9-8-15-18(21)17(22-19(14)15)12-13-6-4-3-5-7-13/h3-9,12H,10-11H2,1-2H3/b17-12-. The number of hydrogen-bond donors (Lipinski definition) is 0. The number of Topliss-reactive ketones (excluding diaryl/α,β-unsaturated/α-hetero) is 1. The molecule has 0 amide bonds. The first-order valence-corrected chi connectivity index (χ1v) is 7.88. The molecule has 2 aromatic carbocycles. The molecule has 0 unspecified atom stereocenters. The Kier molecular flexibility index (Phi) is 3.05. The minimum atomic E-state index is -0.174. The lowest BCUT2D eigenvalue weighted by Gasteiger charge is -2.33. The summed E-state index contributed by atoms with van der Waals surface area (Å²) in [5.41, 5.74) is 2.42. The van der Waals surface area contributed by atoms with Crippen molar-refractivity contribution in [1.29, 1.82) is 0 Å². The van der Waals surface area contributed by atoms with Crippen molar-refractivity contribution < 1.29 is 14.3 Å².